The molecular weight excluding hydrogens is 160 g/mol. The molecule has 70 valence electrons. The van der Waals surface area contributed by atoms with Gasteiger partial charge in [-0.15, -0.1) is 0 Å². The van der Waals surface area contributed by atoms with Crippen LogP contribution in [0.2, 0.25) is 0 Å². The average molecular weight is 176 g/mol. The number of hydrogen-bond donors (Lipinski definition) is 1. The first-order valence-corrected chi connectivity index (χ1v) is 4.67. The molecule has 0 aliphatic carbocycles. The maximum Gasteiger partial charge on any atom is 0.0862 e. The van der Waals surface area contributed by atoms with Crippen molar-refractivity contribution in [3.63, 3.8) is 0 Å². The minimum Gasteiger partial charge on any atom is -0.312 e. The Balaban J connectivity index is 2.83. The lowest BCUT2D eigenvalue weighted by atomic mass is 10.1. The van der Waals surface area contributed by atoms with E-state index in [1.54, 1.807) is 0 Å². The summed E-state index contributed by atoms with van der Waals surface area (Å²) in [5.41, 5.74) is 7.72. The lowest BCUT2D eigenvalue weighted by Crippen LogP contribution is -2.05. The Kier molecular flexibility index (Phi) is 4.19. The maximum absolute atomic E-state index is 5.41. The molecule has 0 saturated heterocycles. The second-order valence-electron chi connectivity index (χ2n) is 2.90. The van der Waals surface area contributed by atoms with Crippen molar-refractivity contribution in [3.8, 4) is 0 Å². The normalized spacial score (nSPS) is 11.7. The fourth-order valence-corrected chi connectivity index (χ4v) is 1.29. The molecule has 0 aliphatic rings. The molecule has 13 heavy (non-hydrogen) atoms. The fourth-order valence-electron chi connectivity index (χ4n) is 1.29. The molecule has 0 saturated carbocycles. The molecule has 1 aromatic carbocycles. The summed E-state index contributed by atoms with van der Waals surface area (Å²) in [6.07, 6.45) is 2.11. The van der Waals surface area contributed by atoms with Crippen LogP contribution in [0.3, 0.4) is 0 Å². The van der Waals surface area contributed by atoms with Crippen LogP contribution in [0, 0.1) is 0 Å². The monoisotopic (exact) mass is 176 g/mol. The SMILES string of the molecule is CCC/C(=N\CN)c1ccccc1. The van der Waals surface area contributed by atoms with E-state index < -0.39 is 0 Å². The Morgan fingerprint density at radius 1 is 1.31 bits per heavy atom. The van der Waals surface area contributed by atoms with Crippen LogP contribution >= 0.6 is 0 Å². The topological polar surface area (TPSA) is 38.4 Å². The van der Waals surface area contributed by atoms with Gasteiger partial charge < -0.3 is 5.73 Å². The zero-order valence-electron chi connectivity index (χ0n) is 8.03. The highest BCUT2D eigenvalue weighted by Gasteiger charge is 1.99. The van der Waals surface area contributed by atoms with E-state index in [1.165, 1.54) is 5.56 Å². The molecule has 0 atom stereocenters. The molecule has 2 N–H and O–H groups in total. The van der Waals surface area contributed by atoms with Gasteiger partial charge in [-0.2, -0.15) is 0 Å². The quantitative estimate of drug-likeness (QED) is 0.702. The van der Waals surface area contributed by atoms with Crippen molar-refractivity contribution >= 4 is 5.71 Å². The van der Waals surface area contributed by atoms with Crippen molar-refractivity contribution in [1.82, 2.24) is 0 Å². The molecule has 2 heteroatoms. The molecular formula is C11H16N2. The van der Waals surface area contributed by atoms with Gasteiger partial charge in [0.15, 0.2) is 0 Å². The minimum absolute atomic E-state index is 0.379. The zero-order chi connectivity index (χ0) is 9.52. The van der Waals surface area contributed by atoms with E-state index in [-0.39, 0.29) is 0 Å². The lowest BCUT2D eigenvalue weighted by molar-refractivity contribution is 0.968. The number of rotatable bonds is 4. The number of aliphatic imine (C=N–C) groups is 1. The Morgan fingerprint density at radius 3 is 2.54 bits per heavy atom. The van der Waals surface area contributed by atoms with Crippen molar-refractivity contribution in [2.24, 2.45) is 10.7 Å². The van der Waals surface area contributed by atoms with Crippen molar-refractivity contribution < 1.29 is 0 Å². The lowest BCUT2D eigenvalue weighted by Gasteiger charge is -2.03. The molecule has 1 rings (SSSR count). The van der Waals surface area contributed by atoms with Crippen LogP contribution in [-0.4, -0.2) is 12.4 Å². The Bertz CT molecular complexity index is 265. The summed E-state index contributed by atoms with van der Waals surface area (Å²) < 4.78 is 0. The maximum atomic E-state index is 5.41. The highest BCUT2D eigenvalue weighted by atomic mass is 14.9. The van der Waals surface area contributed by atoms with E-state index in [1.807, 2.05) is 18.2 Å². The molecule has 0 bridgehead atoms. The van der Waals surface area contributed by atoms with Crippen LogP contribution in [0.1, 0.15) is 25.3 Å². The Morgan fingerprint density at radius 2 is 2.00 bits per heavy atom. The van der Waals surface area contributed by atoms with Crippen molar-refractivity contribution in [2.75, 3.05) is 6.67 Å². The van der Waals surface area contributed by atoms with Gasteiger partial charge in [0, 0.05) is 5.71 Å². The summed E-state index contributed by atoms with van der Waals surface area (Å²) in [6, 6.07) is 10.2. The standard InChI is InChI=1S/C11H16N2/c1-2-6-11(13-9-12)10-7-4-3-5-8-10/h3-5,7-8H,2,6,9,12H2,1H3/b13-11+. The highest BCUT2D eigenvalue weighted by Crippen LogP contribution is 2.05. The van der Waals surface area contributed by atoms with Crippen LogP contribution in [0.4, 0.5) is 0 Å². The Labute approximate surface area is 79.5 Å². The van der Waals surface area contributed by atoms with E-state index in [2.05, 4.69) is 24.0 Å². The van der Waals surface area contributed by atoms with Gasteiger partial charge in [-0.3, -0.25) is 4.99 Å². The summed E-state index contributed by atoms with van der Waals surface area (Å²) in [7, 11) is 0. The summed E-state index contributed by atoms with van der Waals surface area (Å²) in [5, 5.41) is 0. The number of nitrogens with two attached hydrogens (primary N) is 1. The summed E-state index contributed by atoms with van der Waals surface area (Å²) >= 11 is 0. The van der Waals surface area contributed by atoms with Crippen LogP contribution in [0.15, 0.2) is 35.3 Å². The van der Waals surface area contributed by atoms with Crippen molar-refractivity contribution in [2.45, 2.75) is 19.8 Å². The van der Waals surface area contributed by atoms with Gasteiger partial charge in [-0.05, 0) is 12.0 Å². The second-order valence-corrected chi connectivity index (χ2v) is 2.90. The first kappa shape index (κ1) is 9.93. The summed E-state index contributed by atoms with van der Waals surface area (Å²) in [5.74, 6) is 0. The van der Waals surface area contributed by atoms with Gasteiger partial charge in [0.1, 0.15) is 0 Å². The van der Waals surface area contributed by atoms with E-state index in [0.717, 1.165) is 18.6 Å². The smallest absolute Gasteiger partial charge is 0.0862 e. The molecule has 2 nitrogen and oxygen atoms in total. The predicted octanol–water partition coefficient (Wildman–Crippen LogP) is 2.19. The van der Waals surface area contributed by atoms with Gasteiger partial charge in [-0.1, -0.05) is 43.7 Å². The van der Waals surface area contributed by atoms with E-state index in [0.29, 0.717) is 6.67 Å². The van der Waals surface area contributed by atoms with Crippen LogP contribution in [0.5, 0.6) is 0 Å². The van der Waals surface area contributed by atoms with Gasteiger partial charge in [0.05, 0.1) is 6.67 Å². The number of nitrogens with zero attached hydrogens (tertiary/aromatic N) is 1. The second kappa shape index (κ2) is 5.49. The Hall–Kier alpha value is -1.15. The van der Waals surface area contributed by atoms with Gasteiger partial charge in [-0.25, -0.2) is 0 Å². The van der Waals surface area contributed by atoms with E-state index in [4.69, 9.17) is 5.73 Å². The zero-order valence-corrected chi connectivity index (χ0v) is 8.03. The highest BCUT2D eigenvalue weighted by molar-refractivity contribution is 6.00. The minimum atomic E-state index is 0.379. The van der Waals surface area contributed by atoms with Gasteiger partial charge in [0.25, 0.3) is 0 Å². The predicted molar refractivity (Wildman–Crippen MR) is 56.9 cm³/mol. The molecule has 0 radical (unpaired) electrons. The van der Waals surface area contributed by atoms with Crippen LogP contribution < -0.4 is 5.73 Å². The molecule has 1 aromatic rings. The third-order valence-corrected chi connectivity index (χ3v) is 1.88. The summed E-state index contributed by atoms with van der Waals surface area (Å²) in [6.45, 7) is 2.53. The number of hydrogen-bond acceptors (Lipinski definition) is 2. The molecule has 0 unspecified atom stereocenters. The van der Waals surface area contributed by atoms with Gasteiger partial charge >= 0.3 is 0 Å². The fraction of sp³-hybridized carbons (Fsp3) is 0.364. The van der Waals surface area contributed by atoms with Crippen LogP contribution in [-0.2, 0) is 0 Å². The molecule has 0 heterocycles. The average Bonchev–Trinajstić information content (AvgIpc) is 2.19. The van der Waals surface area contributed by atoms with Crippen molar-refractivity contribution in [1.29, 1.82) is 0 Å². The summed E-state index contributed by atoms with van der Waals surface area (Å²) in [4.78, 5) is 4.28. The van der Waals surface area contributed by atoms with Crippen LogP contribution in [0.25, 0.3) is 0 Å². The third-order valence-electron chi connectivity index (χ3n) is 1.88. The molecule has 0 amide bonds. The molecule has 0 spiro atoms. The first-order chi connectivity index (χ1) is 6.38. The molecule has 0 aromatic heterocycles. The number of benzene rings is 1. The van der Waals surface area contributed by atoms with Gasteiger partial charge in [0.2, 0.25) is 0 Å². The first-order valence-electron chi connectivity index (χ1n) is 4.67. The third kappa shape index (κ3) is 2.99. The molecule has 0 aliphatic heterocycles. The van der Waals surface area contributed by atoms with E-state index >= 15 is 0 Å². The van der Waals surface area contributed by atoms with E-state index in [9.17, 15) is 0 Å². The van der Waals surface area contributed by atoms with Crippen molar-refractivity contribution in [3.05, 3.63) is 35.9 Å². The largest absolute Gasteiger partial charge is 0.312 e. The molecule has 0 fully saturated rings.